The lowest BCUT2D eigenvalue weighted by molar-refractivity contribution is 0.140. The molecular formula is C20H22N6. The summed E-state index contributed by atoms with van der Waals surface area (Å²) in [7, 11) is 0. The molecule has 1 aliphatic heterocycles. The molecule has 6 heteroatoms. The van der Waals surface area contributed by atoms with Crippen LogP contribution in [0.1, 0.15) is 36.4 Å². The van der Waals surface area contributed by atoms with Crippen molar-refractivity contribution < 1.29 is 0 Å². The van der Waals surface area contributed by atoms with E-state index in [4.69, 9.17) is 0 Å². The van der Waals surface area contributed by atoms with Gasteiger partial charge in [-0.25, -0.2) is 9.97 Å². The average molecular weight is 346 g/mol. The maximum atomic E-state index is 4.57. The van der Waals surface area contributed by atoms with Crippen molar-refractivity contribution in [2.75, 3.05) is 11.9 Å². The second-order valence-electron chi connectivity index (χ2n) is 6.54. The maximum Gasteiger partial charge on any atom is 0.150 e. The summed E-state index contributed by atoms with van der Waals surface area (Å²) in [5.74, 6) is 1.48. The molecule has 3 aromatic rings. The SMILES string of the molecule is c1cncc(CN2CCCC[C@H]2c2ccc(Nc3cnccn3)nc2)c1. The molecule has 0 bridgehead atoms. The standard InChI is InChI=1S/C20H22N6/c1-2-11-26(15-16-4-3-8-21-12-16)18(5-1)17-6-7-19(24-13-17)25-20-14-22-9-10-23-20/h3-4,6-10,12-14,18H,1-2,5,11,15H2,(H,23,24,25)/t18-/m0/s1. The quantitative estimate of drug-likeness (QED) is 0.759. The molecule has 0 radical (unpaired) electrons. The zero-order chi connectivity index (χ0) is 17.6. The van der Waals surface area contributed by atoms with Crippen molar-refractivity contribution in [1.82, 2.24) is 24.8 Å². The van der Waals surface area contributed by atoms with Crippen LogP contribution in [0, 0.1) is 0 Å². The second-order valence-corrected chi connectivity index (χ2v) is 6.54. The lowest BCUT2D eigenvalue weighted by atomic mass is 9.96. The minimum absolute atomic E-state index is 0.405. The Morgan fingerprint density at radius 3 is 2.65 bits per heavy atom. The minimum Gasteiger partial charge on any atom is -0.324 e. The van der Waals surface area contributed by atoms with Gasteiger partial charge in [-0.2, -0.15) is 0 Å². The van der Waals surface area contributed by atoms with Crippen molar-refractivity contribution in [2.45, 2.75) is 31.8 Å². The Morgan fingerprint density at radius 2 is 1.88 bits per heavy atom. The highest BCUT2D eigenvalue weighted by atomic mass is 15.2. The molecule has 3 aromatic heterocycles. The first-order valence-electron chi connectivity index (χ1n) is 9.00. The van der Waals surface area contributed by atoms with Crippen molar-refractivity contribution in [3.8, 4) is 0 Å². The van der Waals surface area contributed by atoms with Gasteiger partial charge in [-0.05, 0) is 42.6 Å². The van der Waals surface area contributed by atoms with E-state index in [0.29, 0.717) is 11.9 Å². The van der Waals surface area contributed by atoms with Crippen LogP contribution in [-0.4, -0.2) is 31.4 Å². The predicted octanol–water partition coefficient (Wildman–Crippen LogP) is 3.74. The largest absolute Gasteiger partial charge is 0.324 e. The van der Waals surface area contributed by atoms with Gasteiger partial charge in [0.05, 0.1) is 6.20 Å². The van der Waals surface area contributed by atoms with E-state index in [1.807, 2.05) is 30.7 Å². The van der Waals surface area contributed by atoms with Crippen LogP contribution < -0.4 is 5.32 Å². The van der Waals surface area contributed by atoms with Gasteiger partial charge < -0.3 is 5.32 Å². The Labute approximate surface area is 153 Å². The third-order valence-corrected chi connectivity index (χ3v) is 4.71. The first-order valence-corrected chi connectivity index (χ1v) is 9.00. The zero-order valence-electron chi connectivity index (χ0n) is 14.6. The van der Waals surface area contributed by atoms with Crippen molar-refractivity contribution in [3.05, 3.63) is 72.6 Å². The van der Waals surface area contributed by atoms with Crippen LogP contribution in [0.25, 0.3) is 0 Å². The molecule has 0 spiro atoms. The Kier molecular flexibility index (Phi) is 5.12. The van der Waals surface area contributed by atoms with E-state index in [1.54, 1.807) is 18.6 Å². The van der Waals surface area contributed by atoms with Crippen LogP contribution in [0.15, 0.2) is 61.4 Å². The van der Waals surface area contributed by atoms with Gasteiger partial charge in [0.2, 0.25) is 0 Å². The topological polar surface area (TPSA) is 66.8 Å². The van der Waals surface area contributed by atoms with Gasteiger partial charge >= 0.3 is 0 Å². The average Bonchev–Trinajstić information content (AvgIpc) is 2.71. The monoisotopic (exact) mass is 346 g/mol. The smallest absolute Gasteiger partial charge is 0.150 e. The third kappa shape index (κ3) is 4.03. The zero-order valence-corrected chi connectivity index (χ0v) is 14.6. The van der Waals surface area contributed by atoms with E-state index in [-0.39, 0.29) is 0 Å². The summed E-state index contributed by atoms with van der Waals surface area (Å²) in [6.45, 7) is 2.04. The summed E-state index contributed by atoms with van der Waals surface area (Å²) in [4.78, 5) is 19.6. The molecule has 1 aliphatic rings. The van der Waals surface area contributed by atoms with Gasteiger partial charge in [0.1, 0.15) is 11.6 Å². The number of nitrogens with zero attached hydrogens (tertiary/aromatic N) is 5. The second kappa shape index (κ2) is 8.01. The van der Waals surface area contributed by atoms with E-state index >= 15 is 0 Å². The molecule has 4 heterocycles. The number of anilines is 2. The number of hydrogen-bond donors (Lipinski definition) is 1. The number of likely N-dealkylation sites (tertiary alicyclic amines) is 1. The molecule has 0 amide bonds. The van der Waals surface area contributed by atoms with Crippen molar-refractivity contribution in [1.29, 1.82) is 0 Å². The van der Waals surface area contributed by atoms with Crippen LogP contribution in [0.4, 0.5) is 11.6 Å². The Hall–Kier alpha value is -2.86. The van der Waals surface area contributed by atoms with E-state index < -0.39 is 0 Å². The summed E-state index contributed by atoms with van der Waals surface area (Å²) in [5, 5.41) is 3.18. The summed E-state index contributed by atoms with van der Waals surface area (Å²) in [6.07, 6.45) is 14.4. The molecule has 132 valence electrons. The Morgan fingerprint density at radius 1 is 0.923 bits per heavy atom. The minimum atomic E-state index is 0.405. The maximum absolute atomic E-state index is 4.57. The molecule has 6 nitrogen and oxygen atoms in total. The van der Waals surface area contributed by atoms with E-state index in [0.717, 1.165) is 18.9 Å². The molecule has 26 heavy (non-hydrogen) atoms. The third-order valence-electron chi connectivity index (χ3n) is 4.71. The number of pyridine rings is 2. The molecule has 1 saturated heterocycles. The molecule has 0 aliphatic carbocycles. The fraction of sp³-hybridized carbons (Fsp3) is 0.300. The van der Waals surface area contributed by atoms with E-state index in [9.17, 15) is 0 Å². The van der Waals surface area contributed by atoms with Crippen LogP contribution in [0.5, 0.6) is 0 Å². The predicted molar refractivity (Wildman–Crippen MR) is 101 cm³/mol. The van der Waals surface area contributed by atoms with Crippen LogP contribution in [-0.2, 0) is 6.54 Å². The highest BCUT2D eigenvalue weighted by molar-refractivity contribution is 5.50. The van der Waals surface area contributed by atoms with Gasteiger partial charge in [0, 0.05) is 43.6 Å². The van der Waals surface area contributed by atoms with Gasteiger partial charge in [0.15, 0.2) is 0 Å². The Bertz CT molecular complexity index is 807. The molecule has 1 atom stereocenters. The van der Waals surface area contributed by atoms with Crippen molar-refractivity contribution >= 4 is 11.6 Å². The normalized spacial score (nSPS) is 17.8. The van der Waals surface area contributed by atoms with Gasteiger partial charge in [0.25, 0.3) is 0 Å². The fourth-order valence-corrected chi connectivity index (χ4v) is 3.46. The van der Waals surface area contributed by atoms with Crippen molar-refractivity contribution in [2.24, 2.45) is 0 Å². The molecule has 0 saturated carbocycles. The molecular weight excluding hydrogens is 324 g/mol. The summed E-state index contributed by atoms with van der Waals surface area (Å²) < 4.78 is 0. The number of aromatic nitrogens is 4. The first kappa shape index (κ1) is 16.6. The van der Waals surface area contributed by atoms with E-state index in [2.05, 4.69) is 42.3 Å². The fourth-order valence-electron chi connectivity index (χ4n) is 3.46. The number of nitrogens with one attached hydrogen (secondary N) is 1. The number of rotatable bonds is 5. The lowest BCUT2D eigenvalue weighted by Gasteiger charge is -2.36. The molecule has 0 unspecified atom stereocenters. The lowest BCUT2D eigenvalue weighted by Crippen LogP contribution is -2.33. The molecule has 1 N–H and O–H groups in total. The van der Waals surface area contributed by atoms with Crippen LogP contribution >= 0.6 is 0 Å². The van der Waals surface area contributed by atoms with Crippen LogP contribution in [0.2, 0.25) is 0 Å². The van der Waals surface area contributed by atoms with Crippen molar-refractivity contribution in [3.63, 3.8) is 0 Å². The molecule has 0 aromatic carbocycles. The highest BCUT2D eigenvalue weighted by Gasteiger charge is 2.24. The van der Waals surface area contributed by atoms with Crippen LogP contribution in [0.3, 0.4) is 0 Å². The summed E-state index contributed by atoms with van der Waals surface area (Å²) >= 11 is 0. The number of hydrogen-bond acceptors (Lipinski definition) is 6. The Balaban J connectivity index is 1.47. The van der Waals surface area contributed by atoms with Gasteiger partial charge in [-0.15, -0.1) is 0 Å². The van der Waals surface area contributed by atoms with E-state index in [1.165, 1.54) is 30.4 Å². The first-order chi connectivity index (χ1) is 12.9. The molecule has 4 rings (SSSR count). The summed E-state index contributed by atoms with van der Waals surface area (Å²) in [5.41, 5.74) is 2.52. The summed E-state index contributed by atoms with van der Waals surface area (Å²) in [6, 6.07) is 8.73. The van der Waals surface area contributed by atoms with Gasteiger partial charge in [-0.3, -0.25) is 14.9 Å². The van der Waals surface area contributed by atoms with Gasteiger partial charge in [-0.1, -0.05) is 18.6 Å². The molecule has 1 fully saturated rings. The number of piperidine rings is 1. The highest BCUT2D eigenvalue weighted by Crippen LogP contribution is 2.32.